The number of carbonyl (C=O) groups is 2. The SMILES string of the molecule is CC(C)(C=O)COC(=O)c1ccc2ccccc2c1. The number of benzene rings is 2. The normalized spacial score (nSPS) is 11.3. The van der Waals surface area contributed by atoms with Gasteiger partial charge in [-0.2, -0.15) is 0 Å². The molecule has 0 saturated carbocycles. The summed E-state index contributed by atoms with van der Waals surface area (Å²) < 4.78 is 5.16. The standard InChI is InChI=1S/C16H16O3/c1-16(2,10-17)11-19-15(18)14-8-7-12-5-3-4-6-13(12)9-14/h3-10H,11H2,1-2H3. The molecule has 0 unspecified atom stereocenters. The molecule has 0 heterocycles. The third kappa shape index (κ3) is 3.19. The molecule has 2 rings (SSSR count). The van der Waals surface area contributed by atoms with Crippen LogP contribution < -0.4 is 0 Å². The Bertz CT molecular complexity index is 614. The lowest BCUT2D eigenvalue weighted by molar-refractivity contribution is -0.116. The number of esters is 1. The Labute approximate surface area is 112 Å². The monoisotopic (exact) mass is 256 g/mol. The van der Waals surface area contributed by atoms with E-state index in [2.05, 4.69) is 0 Å². The molecule has 0 saturated heterocycles. The van der Waals surface area contributed by atoms with E-state index in [0.29, 0.717) is 5.56 Å². The topological polar surface area (TPSA) is 43.4 Å². The molecule has 0 aliphatic heterocycles. The summed E-state index contributed by atoms with van der Waals surface area (Å²) in [6, 6.07) is 13.2. The lowest BCUT2D eigenvalue weighted by Gasteiger charge is -2.16. The molecule has 0 atom stereocenters. The van der Waals surface area contributed by atoms with Crippen molar-refractivity contribution >= 4 is 23.0 Å². The van der Waals surface area contributed by atoms with Crippen LogP contribution in [0.3, 0.4) is 0 Å². The molecule has 0 aliphatic carbocycles. The lowest BCUT2D eigenvalue weighted by Crippen LogP contribution is -2.23. The van der Waals surface area contributed by atoms with Crippen molar-refractivity contribution in [2.24, 2.45) is 5.41 Å². The first-order valence-corrected chi connectivity index (χ1v) is 6.14. The Kier molecular flexibility index (Phi) is 3.65. The zero-order valence-corrected chi connectivity index (χ0v) is 11.1. The molecule has 3 heteroatoms. The van der Waals surface area contributed by atoms with Gasteiger partial charge in [-0.15, -0.1) is 0 Å². The Morgan fingerprint density at radius 1 is 1.16 bits per heavy atom. The molecule has 3 nitrogen and oxygen atoms in total. The highest BCUT2D eigenvalue weighted by atomic mass is 16.5. The van der Waals surface area contributed by atoms with E-state index in [9.17, 15) is 9.59 Å². The molecule has 0 bridgehead atoms. The Hall–Kier alpha value is -2.16. The average Bonchev–Trinajstić information content (AvgIpc) is 2.44. The predicted octanol–water partition coefficient (Wildman–Crippen LogP) is 3.22. The van der Waals surface area contributed by atoms with Crippen molar-refractivity contribution in [3.63, 3.8) is 0 Å². The van der Waals surface area contributed by atoms with Gasteiger partial charge in [0.1, 0.15) is 12.9 Å². The van der Waals surface area contributed by atoms with Crippen molar-refractivity contribution in [3.05, 3.63) is 48.0 Å². The summed E-state index contributed by atoms with van der Waals surface area (Å²) in [4.78, 5) is 22.7. The maximum absolute atomic E-state index is 11.9. The summed E-state index contributed by atoms with van der Waals surface area (Å²) in [5, 5.41) is 2.07. The second-order valence-corrected chi connectivity index (χ2v) is 5.24. The average molecular weight is 256 g/mol. The number of fused-ring (bicyclic) bond motifs is 1. The van der Waals surface area contributed by atoms with Gasteiger partial charge in [-0.3, -0.25) is 0 Å². The number of carbonyl (C=O) groups excluding carboxylic acids is 2. The van der Waals surface area contributed by atoms with Crippen molar-refractivity contribution in [1.82, 2.24) is 0 Å². The van der Waals surface area contributed by atoms with Crippen LogP contribution in [0.2, 0.25) is 0 Å². The second-order valence-electron chi connectivity index (χ2n) is 5.24. The van der Waals surface area contributed by atoms with Crippen molar-refractivity contribution in [3.8, 4) is 0 Å². The molecule has 0 aliphatic rings. The largest absolute Gasteiger partial charge is 0.461 e. The molecule has 19 heavy (non-hydrogen) atoms. The number of rotatable bonds is 4. The summed E-state index contributed by atoms with van der Waals surface area (Å²) in [7, 11) is 0. The van der Waals surface area contributed by atoms with Gasteiger partial charge in [0.05, 0.1) is 11.0 Å². The maximum atomic E-state index is 11.9. The van der Waals surface area contributed by atoms with E-state index in [4.69, 9.17) is 4.74 Å². The third-order valence-corrected chi connectivity index (χ3v) is 2.88. The van der Waals surface area contributed by atoms with Crippen LogP contribution in [-0.2, 0) is 9.53 Å². The summed E-state index contributed by atoms with van der Waals surface area (Å²) in [6.45, 7) is 3.55. The van der Waals surface area contributed by atoms with Crippen LogP contribution in [0.5, 0.6) is 0 Å². The van der Waals surface area contributed by atoms with Gasteiger partial charge in [0, 0.05) is 0 Å². The molecule has 0 aromatic heterocycles. The van der Waals surface area contributed by atoms with Crippen molar-refractivity contribution < 1.29 is 14.3 Å². The zero-order chi connectivity index (χ0) is 13.9. The van der Waals surface area contributed by atoms with Crippen LogP contribution in [0.1, 0.15) is 24.2 Å². The lowest BCUT2D eigenvalue weighted by atomic mass is 9.98. The van der Waals surface area contributed by atoms with Crippen molar-refractivity contribution in [1.29, 1.82) is 0 Å². The summed E-state index contributed by atoms with van der Waals surface area (Å²) in [5.41, 5.74) is -0.146. The molecule has 2 aromatic carbocycles. The van der Waals surface area contributed by atoms with Crippen LogP contribution in [0, 0.1) is 5.41 Å². The Balaban J connectivity index is 2.15. The molecular formula is C16H16O3. The van der Waals surface area contributed by atoms with Gasteiger partial charge in [0.25, 0.3) is 0 Å². The molecular weight excluding hydrogens is 240 g/mol. The van der Waals surface area contributed by atoms with Gasteiger partial charge >= 0.3 is 5.97 Å². The van der Waals surface area contributed by atoms with Gasteiger partial charge < -0.3 is 9.53 Å². The zero-order valence-electron chi connectivity index (χ0n) is 11.1. The second kappa shape index (κ2) is 5.22. The highest BCUT2D eigenvalue weighted by Crippen LogP contribution is 2.17. The van der Waals surface area contributed by atoms with Crippen LogP contribution in [0.25, 0.3) is 10.8 Å². The quantitative estimate of drug-likeness (QED) is 0.623. The van der Waals surface area contributed by atoms with E-state index in [1.807, 2.05) is 30.3 Å². The number of ether oxygens (including phenoxy) is 1. The van der Waals surface area contributed by atoms with E-state index in [0.717, 1.165) is 17.1 Å². The van der Waals surface area contributed by atoms with Gasteiger partial charge in [-0.25, -0.2) is 4.79 Å². The molecule has 0 spiro atoms. The van der Waals surface area contributed by atoms with Crippen molar-refractivity contribution in [2.75, 3.05) is 6.61 Å². The van der Waals surface area contributed by atoms with Crippen LogP contribution in [0.4, 0.5) is 0 Å². The minimum Gasteiger partial charge on any atom is -0.461 e. The van der Waals surface area contributed by atoms with Crippen molar-refractivity contribution in [2.45, 2.75) is 13.8 Å². The van der Waals surface area contributed by atoms with E-state index in [1.54, 1.807) is 26.0 Å². The molecule has 98 valence electrons. The number of hydrogen-bond acceptors (Lipinski definition) is 3. The van der Waals surface area contributed by atoms with Gasteiger partial charge in [-0.1, -0.05) is 30.3 Å². The highest BCUT2D eigenvalue weighted by molar-refractivity contribution is 5.95. The fourth-order valence-corrected chi connectivity index (χ4v) is 1.69. The van der Waals surface area contributed by atoms with Gasteiger partial charge in [-0.05, 0) is 36.8 Å². The van der Waals surface area contributed by atoms with E-state index in [-0.39, 0.29) is 6.61 Å². The first-order chi connectivity index (χ1) is 9.02. The number of aldehydes is 1. The van der Waals surface area contributed by atoms with Crippen LogP contribution in [0.15, 0.2) is 42.5 Å². The summed E-state index contributed by atoms with van der Waals surface area (Å²) >= 11 is 0. The van der Waals surface area contributed by atoms with E-state index < -0.39 is 11.4 Å². The summed E-state index contributed by atoms with van der Waals surface area (Å²) in [6.07, 6.45) is 0.792. The summed E-state index contributed by atoms with van der Waals surface area (Å²) in [5.74, 6) is -0.402. The van der Waals surface area contributed by atoms with E-state index in [1.165, 1.54) is 0 Å². The molecule has 2 aromatic rings. The minimum atomic E-state index is -0.646. The van der Waals surface area contributed by atoms with Gasteiger partial charge in [0.2, 0.25) is 0 Å². The Morgan fingerprint density at radius 2 is 1.84 bits per heavy atom. The predicted molar refractivity (Wildman–Crippen MR) is 74.1 cm³/mol. The Morgan fingerprint density at radius 3 is 2.53 bits per heavy atom. The molecule has 0 amide bonds. The van der Waals surface area contributed by atoms with E-state index >= 15 is 0 Å². The smallest absolute Gasteiger partial charge is 0.338 e. The first kappa shape index (κ1) is 13.3. The fraction of sp³-hybridized carbons (Fsp3) is 0.250. The molecule has 0 radical (unpaired) electrons. The molecule has 0 fully saturated rings. The first-order valence-electron chi connectivity index (χ1n) is 6.14. The molecule has 0 N–H and O–H groups in total. The van der Waals surface area contributed by atoms with Crippen LogP contribution in [-0.4, -0.2) is 18.9 Å². The number of hydrogen-bond donors (Lipinski definition) is 0. The van der Waals surface area contributed by atoms with Crippen LogP contribution >= 0.6 is 0 Å². The minimum absolute atomic E-state index is 0.0855. The maximum Gasteiger partial charge on any atom is 0.338 e. The third-order valence-electron chi connectivity index (χ3n) is 2.88. The highest BCUT2D eigenvalue weighted by Gasteiger charge is 2.19. The van der Waals surface area contributed by atoms with Gasteiger partial charge in [0.15, 0.2) is 0 Å². The fourth-order valence-electron chi connectivity index (χ4n) is 1.69.